The van der Waals surface area contributed by atoms with Gasteiger partial charge in [0.25, 0.3) is 0 Å². The summed E-state index contributed by atoms with van der Waals surface area (Å²) in [6.45, 7) is 0. The quantitative estimate of drug-likeness (QED) is 0.932. The van der Waals surface area contributed by atoms with E-state index in [2.05, 4.69) is 0 Å². The van der Waals surface area contributed by atoms with Crippen molar-refractivity contribution in [3.05, 3.63) is 28.5 Å². The molecule has 7 heteroatoms. The molecule has 0 spiro atoms. The van der Waals surface area contributed by atoms with Gasteiger partial charge in [-0.05, 0) is 25.0 Å². The highest BCUT2D eigenvalue weighted by atomic mass is 35.5. The van der Waals surface area contributed by atoms with Crippen LogP contribution in [0.15, 0.2) is 17.0 Å². The van der Waals surface area contributed by atoms with Gasteiger partial charge in [0.05, 0.1) is 10.8 Å². The number of aromatic carboxylic acids is 1. The number of halogens is 2. The minimum absolute atomic E-state index is 0.102. The zero-order chi connectivity index (χ0) is 14.2. The Balaban J connectivity index is 2.59. The Morgan fingerprint density at radius 1 is 1.32 bits per heavy atom. The van der Waals surface area contributed by atoms with Gasteiger partial charge in [0.1, 0.15) is 4.90 Å². The predicted molar refractivity (Wildman–Crippen MR) is 67.8 cm³/mol. The van der Waals surface area contributed by atoms with E-state index in [-0.39, 0.29) is 5.02 Å². The second kappa shape index (κ2) is 5.09. The number of carbonyl (C=O) groups is 1. The van der Waals surface area contributed by atoms with Crippen LogP contribution in [-0.2, 0) is 9.84 Å². The monoisotopic (exact) mass is 306 g/mol. The Kier molecular flexibility index (Phi) is 3.82. The molecule has 1 aromatic carbocycles. The molecule has 104 valence electrons. The molecule has 1 saturated carbocycles. The average molecular weight is 307 g/mol. The molecule has 0 amide bonds. The van der Waals surface area contributed by atoms with Crippen LogP contribution in [0.3, 0.4) is 0 Å². The van der Waals surface area contributed by atoms with Crippen molar-refractivity contribution < 1.29 is 22.7 Å². The number of rotatable bonds is 3. The molecule has 0 unspecified atom stereocenters. The molecule has 0 aliphatic heterocycles. The fourth-order valence-electron chi connectivity index (χ4n) is 2.31. The molecule has 1 aliphatic rings. The van der Waals surface area contributed by atoms with Gasteiger partial charge in [-0.3, -0.25) is 0 Å². The maximum absolute atomic E-state index is 14.0. The molecule has 0 radical (unpaired) electrons. The fourth-order valence-corrected chi connectivity index (χ4v) is 4.55. The van der Waals surface area contributed by atoms with Crippen molar-refractivity contribution in [3.63, 3.8) is 0 Å². The Bertz CT molecular complexity index is 621. The van der Waals surface area contributed by atoms with Crippen molar-refractivity contribution in [2.24, 2.45) is 0 Å². The lowest BCUT2D eigenvalue weighted by molar-refractivity contribution is 0.0691. The molecule has 1 aliphatic carbocycles. The maximum Gasteiger partial charge on any atom is 0.338 e. The van der Waals surface area contributed by atoms with Crippen molar-refractivity contribution >= 4 is 27.4 Å². The first-order valence-corrected chi connectivity index (χ1v) is 7.72. The number of benzene rings is 1. The number of carboxylic acids is 1. The van der Waals surface area contributed by atoms with Crippen LogP contribution in [-0.4, -0.2) is 24.7 Å². The SMILES string of the molecule is O=C(O)c1cc(Cl)cc(S(=O)(=O)C2CCCC2)c1F. The molecular formula is C12H12ClFO4S. The lowest BCUT2D eigenvalue weighted by atomic mass is 10.2. The lowest BCUT2D eigenvalue weighted by Gasteiger charge is -2.13. The van der Waals surface area contributed by atoms with E-state index in [0.717, 1.165) is 25.0 Å². The zero-order valence-corrected chi connectivity index (χ0v) is 11.5. The van der Waals surface area contributed by atoms with E-state index in [4.69, 9.17) is 16.7 Å². The van der Waals surface area contributed by atoms with Crippen LogP contribution < -0.4 is 0 Å². The van der Waals surface area contributed by atoms with E-state index < -0.39 is 37.3 Å². The third-order valence-electron chi connectivity index (χ3n) is 3.28. The van der Waals surface area contributed by atoms with Crippen LogP contribution >= 0.6 is 11.6 Å². The highest BCUT2D eigenvalue weighted by Gasteiger charge is 2.34. The highest BCUT2D eigenvalue weighted by molar-refractivity contribution is 7.92. The van der Waals surface area contributed by atoms with Crippen LogP contribution in [0.1, 0.15) is 36.0 Å². The second-order valence-electron chi connectivity index (χ2n) is 4.52. The number of sulfone groups is 1. The summed E-state index contributed by atoms with van der Waals surface area (Å²) in [6, 6.07) is 1.89. The molecule has 19 heavy (non-hydrogen) atoms. The van der Waals surface area contributed by atoms with Crippen molar-refractivity contribution in [2.45, 2.75) is 35.8 Å². The zero-order valence-electron chi connectivity index (χ0n) is 9.90. The van der Waals surface area contributed by atoms with Crippen molar-refractivity contribution in [1.82, 2.24) is 0 Å². The lowest BCUT2D eigenvalue weighted by Crippen LogP contribution is -2.20. The standard InChI is InChI=1S/C12H12ClFO4S/c13-7-5-9(12(15)16)11(14)10(6-7)19(17,18)8-3-1-2-4-8/h5-6,8H,1-4H2,(H,15,16). The summed E-state index contributed by atoms with van der Waals surface area (Å²) >= 11 is 5.68. The van der Waals surface area contributed by atoms with E-state index in [1.165, 1.54) is 0 Å². The van der Waals surface area contributed by atoms with Gasteiger partial charge >= 0.3 is 5.97 Å². The minimum Gasteiger partial charge on any atom is -0.478 e. The Labute approximate surface area is 115 Å². The van der Waals surface area contributed by atoms with Gasteiger partial charge in [0, 0.05) is 5.02 Å². The molecule has 2 rings (SSSR count). The van der Waals surface area contributed by atoms with Gasteiger partial charge in [-0.15, -0.1) is 0 Å². The van der Waals surface area contributed by atoms with E-state index in [9.17, 15) is 17.6 Å². The van der Waals surface area contributed by atoms with E-state index in [1.807, 2.05) is 0 Å². The van der Waals surface area contributed by atoms with Crippen LogP contribution in [0.4, 0.5) is 4.39 Å². The Hall–Kier alpha value is -1.14. The summed E-state index contributed by atoms with van der Waals surface area (Å²) in [5.74, 6) is -2.77. The predicted octanol–water partition coefficient (Wildman–Crippen LogP) is 2.89. The largest absolute Gasteiger partial charge is 0.478 e. The summed E-state index contributed by atoms with van der Waals surface area (Å²) in [5.41, 5.74) is -0.718. The second-order valence-corrected chi connectivity index (χ2v) is 7.16. The summed E-state index contributed by atoms with van der Waals surface area (Å²) in [4.78, 5) is 10.3. The Morgan fingerprint density at radius 3 is 2.42 bits per heavy atom. The van der Waals surface area contributed by atoms with Crippen LogP contribution in [0.25, 0.3) is 0 Å². The molecule has 0 atom stereocenters. The third kappa shape index (κ3) is 2.60. The minimum atomic E-state index is -3.87. The fraction of sp³-hybridized carbons (Fsp3) is 0.417. The number of hydrogen-bond acceptors (Lipinski definition) is 3. The maximum atomic E-state index is 14.0. The van der Waals surface area contributed by atoms with Gasteiger partial charge in [0.2, 0.25) is 0 Å². The van der Waals surface area contributed by atoms with Gasteiger partial charge in [-0.2, -0.15) is 0 Å². The van der Waals surface area contributed by atoms with E-state index in [0.29, 0.717) is 12.8 Å². The van der Waals surface area contributed by atoms with Crippen molar-refractivity contribution in [2.75, 3.05) is 0 Å². The first kappa shape index (κ1) is 14.3. The first-order chi connectivity index (χ1) is 8.84. The summed E-state index contributed by atoms with van der Waals surface area (Å²) in [7, 11) is -3.87. The molecule has 1 fully saturated rings. The highest BCUT2D eigenvalue weighted by Crippen LogP contribution is 2.33. The van der Waals surface area contributed by atoms with Gasteiger partial charge in [-0.1, -0.05) is 24.4 Å². The molecular weight excluding hydrogens is 295 g/mol. The third-order valence-corrected chi connectivity index (χ3v) is 5.76. The van der Waals surface area contributed by atoms with Gasteiger partial charge in [0.15, 0.2) is 15.7 Å². The van der Waals surface area contributed by atoms with Gasteiger partial charge in [-0.25, -0.2) is 17.6 Å². The Morgan fingerprint density at radius 2 is 1.89 bits per heavy atom. The molecule has 0 aromatic heterocycles. The van der Waals surface area contributed by atoms with E-state index >= 15 is 0 Å². The molecule has 1 aromatic rings. The molecule has 0 heterocycles. The molecule has 0 bridgehead atoms. The van der Waals surface area contributed by atoms with Crippen LogP contribution in [0.5, 0.6) is 0 Å². The molecule has 0 saturated heterocycles. The average Bonchev–Trinajstić information content (AvgIpc) is 2.85. The molecule has 4 nitrogen and oxygen atoms in total. The smallest absolute Gasteiger partial charge is 0.338 e. The summed E-state index contributed by atoms with van der Waals surface area (Å²) in [5, 5.41) is 8.10. The first-order valence-electron chi connectivity index (χ1n) is 5.80. The molecule has 1 N–H and O–H groups in total. The summed E-state index contributed by atoms with van der Waals surface area (Å²) < 4.78 is 38.6. The number of carboxylic acid groups (broad SMARTS) is 1. The normalized spacial score (nSPS) is 16.7. The van der Waals surface area contributed by atoms with E-state index in [1.54, 1.807) is 0 Å². The van der Waals surface area contributed by atoms with Gasteiger partial charge < -0.3 is 5.11 Å². The van der Waals surface area contributed by atoms with Crippen LogP contribution in [0.2, 0.25) is 5.02 Å². The van der Waals surface area contributed by atoms with Crippen LogP contribution in [0, 0.1) is 5.82 Å². The topological polar surface area (TPSA) is 71.4 Å². The van der Waals surface area contributed by atoms with Crippen molar-refractivity contribution in [1.29, 1.82) is 0 Å². The van der Waals surface area contributed by atoms with Crippen molar-refractivity contribution in [3.8, 4) is 0 Å². The number of hydrogen-bond donors (Lipinski definition) is 1. The summed E-state index contributed by atoms with van der Waals surface area (Å²) in [6.07, 6.45) is 2.49.